The number of benzene rings is 2. The highest BCUT2D eigenvalue weighted by atomic mass is 19.1. The van der Waals surface area contributed by atoms with Crippen LogP contribution in [0.15, 0.2) is 41.5 Å². The summed E-state index contributed by atoms with van der Waals surface area (Å²) in [6, 6.07) is 8.35. The zero-order valence-corrected chi connectivity index (χ0v) is 12.9. The Morgan fingerprint density at radius 1 is 1.25 bits per heavy atom. The summed E-state index contributed by atoms with van der Waals surface area (Å²) < 4.78 is 23.8. The second-order valence-electron chi connectivity index (χ2n) is 5.08. The van der Waals surface area contributed by atoms with Gasteiger partial charge in [-0.3, -0.25) is 4.79 Å². The number of hydrogen-bond donors (Lipinski definition) is 2. The molecule has 0 unspecified atom stereocenters. The van der Waals surface area contributed by atoms with Crippen LogP contribution in [0.3, 0.4) is 0 Å². The van der Waals surface area contributed by atoms with Gasteiger partial charge in [-0.2, -0.15) is 5.10 Å². The molecule has 1 amide bonds. The molecule has 0 aliphatic carbocycles. The van der Waals surface area contributed by atoms with Crippen molar-refractivity contribution in [3.05, 3.63) is 53.3 Å². The summed E-state index contributed by atoms with van der Waals surface area (Å²) in [6.45, 7) is 1.91. The third-order valence-electron chi connectivity index (χ3n) is 3.53. The SMILES string of the molecule is CC/C(=N\NC(=O)c1ccc2c(c1)OCO2)c1cc(F)ccc1O. The van der Waals surface area contributed by atoms with Crippen LogP contribution < -0.4 is 14.9 Å². The van der Waals surface area contributed by atoms with Gasteiger partial charge in [-0.05, 0) is 42.8 Å². The molecule has 0 fully saturated rings. The highest BCUT2D eigenvalue weighted by molar-refractivity contribution is 6.04. The lowest BCUT2D eigenvalue weighted by Gasteiger charge is -2.08. The average molecular weight is 330 g/mol. The van der Waals surface area contributed by atoms with E-state index in [2.05, 4.69) is 10.5 Å². The maximum atomic E-state index is 13.4. The average Bonchev–Trinajstić information content (AvgIpc) is 3.05. The Morgan fingerprint density at radius 2 is 2.04 bits per heavy atom. The van der Waals surface area contributed by atoms with E-state index < -0.39 is 11.7 Å². The summed E-state index contributed by atoms with van der Waals surface area (Å²) in [5.41, 5.74) is 3.36. The molecule has 2 N–H and O–H groups in total. The standard InChI is InChI=1S/C17H15FN2O4/c1-2-13(12-8-11(18)4-5-14(12)21)19-20-17(22)10-3-6-15-16(7-10)24-9-23-15/h3-8,21H,2,9H2,1H3,(H,20,22)/b19-13+. The molecule has 124 valence electrons. The fourth-order valence-corrected chi connectivity index (χ4v) is 2.29. The lowest BCUT2D eigenvalue weighted by Crippen LogP contribution is -2.20. The topological polar surface area (TPSA) is 80.2 Å². The molecule has 0 radical (unpaired) electrons. The van der Waals surface area contributed by atoms with E-state index in [9.17, 15) is 14.3 Å². The van der Waals surface area contributed by atoms with Crippen molar-refractivity contribution in [2.45, 2.75) is 13.3 Å². The van der Waals surface area contributed by atoms with Crippen LogP contribution in [0, 0.1) is 5.82 Å². The quantitative estimate of drug-likeness (QED) is 0.667. The molecule has 24 heavy (non-hydrogen) atoms. The van der Waals surface area contributed by atoms with Gasteiger partial charge in [0, 0.05) is 11.1 Å². The molecule has 6 nitrogen and oxygen atoms in total. The van der Waals surface area contributed by atoms with Crippen molar-refractivity contribution in [2.75, 3.05) is 6.79 Å². The van der Waals surface area contributed by atoms with Gasteiger partial charge in [-0.15, -0.1) is 0 Å². The van der Waals surface area contributed by atoms with Gasteiger partial charge in [0.2, 0.25) is 6.79 Å². The monoisotopic (exact) mass is 330 g/mol. The summed E-state index contributed by atoms with van der Waals surface area (Å²) in [6.07, 6.45) is 0.401. The van der Waals surface area contributed by atoms with Crippen LogP contribution in [-0.2, 0) is 0 Å². The molecule has 2 aromatic rings. The van der Waals surface area contributed by atoms with E-state index in [0.29, 0.717) is 29.2 Å². The van der Waals surface area contributed by atoms with Gasteiger partial charge in [-0.1, -0.05) is 6.92 Å². The second-order valence-corrected chi connectivity index (χ2v) is 5.08. The zero-order valence-electron chi connectivity index (χ0n) is 12.9. The van der Waals surface area contributed by atoms with Gasteiger partial charge in [0.15, 0.2) is 11.5 Å². The van der Waals surface area contributed by atoms with Gasteiger partial charge in [0.25, 0.3) is 5.91 Å². The normalized spacial score (nSPS) is 13.0. The van der Waals surface area contributed by atoms with E-state index in [4.69, 9.17) is 9.47 Å². The van der Waals surface area contributed by atoms with E-state index in [1.807, 2.05) is 0 Å². The Bertz CT molecular complexity index is 820. The Kier molecular flexibility index (Phi) is 4.33. The molecule has 0 aromatic heterocycles. The number of nitrogens with one attached hydrogen (secondary N) is 1. The highest BCUT2D eigenvalue weighted by Gasteiger charge is 2.16. The van der Waals surface area contributed by atoms with E-state index in [-0.39, 0.29) is 18.1 Å². The first-order valence-electron chi connectivity index (χ1n) is 7.34. The van der Waals surface area contributed by atoms with Crippen molar-refractivity contribution in [3.63, 3.8) is 0 Å². The first-order valence-corrected chi connectivity index (χ1v) is 7.34. The number of hydrogen-bond acceptors (Lipinski definition) is 5. The summed E-state index contributed by atoms with van der Waals surface area (Å²) in [4.78, 5) is 12.2. The summed E-state index contributed by atoms with van der Waals surface area (Å²) >= 11 is 0. The van der Waals surface area contributed by atoms with Crippen LogP contribution in [0.1, 0.15) is 29.3 Å². The molecule has 7 heteroatoms. The van der Waals surface area contributed by atoms with E-state index in [0.717, 1.165) is 6.07 Å². The smallest absolute Gasteiger partial charge is 0.271 e. The molecule has 0 saturated carbocycles. The third-order valence-corrected chi connectivity index (χ3v) is 3.53. The Balaban J connectivity index is 1.80. The number of carbonyl (C=O) groups excluding carboxylic acids is 1. The molecule has 1 heterocycles. The maximum absolute atomic E-state index is 13.4. The maximum Gasteiger partial charge on any atom is 0.271 e. The fourth-order valence-electron chi connectivity index (χ4n) is 2.29. The van der Waals surface area contributed by atoms with Crippen molar-refractivity contribution >= 4 is 11.6 Å². The minimum atomic E-state index is -0.494. The zero-order chi connectivity index (χ0) is 17.1. The number of carbonyl (C=O) groups is 1. The predicted molar refractivity (Wildman–Crippen MR) is 84.9 cm³/mol. The van der Waals surface area contributed by atoms with Crippen molar-refractivity contribution in [1.29, 1.82) is 0 Å². The van der Waals surface area contributed by atoms with Crippen molar-refractivity contribution in [3.8, 4) is 17.2 Å². The molecular weight excluding hydrogens is 315 g/mol. The van der Waals surface area contributed by atoms with E-state index in [1.165, 1.54) is 12.1 Å². The molecule has 0 spiro atoms. The molecule has 0 bridgehead atoms. The van der Waals surface area contributed by atoms with Crippen LogP contribution in [0.5, 0.6) is 17.2 Å². The first kappa shape index (κ1) is 15.8. The molecule has 2 aromatic carbocycles. The van der Waals surface area contributed by atoms with Gasteiger partial charge in [0.1, 0.15) is 11.6 Å². The second kappa shape index (κ2) is 6.57. The van der Waals surface area contributed by atoms with Crippen LogP contribution in [0.2, 0.25) is 0 Å². The van der Waals surface area contributed by atoms with Crippen LogP contribution in [0.25, 0.3) is 0 Å². The largest absolute Gasteiger partial charge is 0.507 e. The third kappa shape index (κ3) is 3.15. The number of phenols is 1. The molecular formula is C17H15FN2O4. The van der Waals surface area contributed by atoms with Crippen molar-refractivity contribution < 1.29 is 23.8 Å². The molecule has 0 saturated heterocycles. The van der Waals surface area contributed by atoms with Crippen LogP contribution in [-0.4, -0.2) is 23.5 Å². The van der Waals surface area contributed by atoms with Gasteiger partial charge in [-0.25, -0.2) is 9.82 Å². The number of ether oxygens (including phenoxy) is 2. The number of hydrazone groups is 1. The Hall–Kier alpha value is -3.09. The summed E-state index contributed by atoms with van der Waals surface area (Å²) in [5.74, 6) is 0.0228. The number of phenolic OH excluding ortho intramolecular Hbond substituents is 1. The molecule has 1 aliphatic rings. The molecule has 3 rings (SSSR count). The summed E-state index contributed by atoms with van der Waals surface area (Å²) in [5, 5.41) is 13.8. The lowest BCUT2D eigenvalue weighted by atomic mass is 10.1. The summed E-state index contributed by atoms with van der Waals surface area (Å²) in [7, 11) is 0. The number of aromatic hydroxyl groups is 1. The number of halogens is 1. The molecule has 0 atom stereocenters. The van der Waals surface area contributed by atoms with Crippen LogP contribution >= 0.6 is 0 Å². The Labute approximate surface area is 137 Å². The number of rotatable bonds is 4. The van der Waals surface area contributed by atoms with Crippen molar-refractivity contribution in [2.24, 2.45) is 5.10 Å². The first-order chi connectivity index (χ1) is 11.6. The van der Waals surface area contributed by atoms with Gasteiger partial charge in [0.05, 0.1) is 5.71 Å². The number of amides is 1. The lowest BCUT2D eigenvalue weighted by molar-refractivity contribution is 0.0954. The van der Waals surface area contributed by atoms with E-state index >= 15 is 0 Å². The van der Waals surface area contributed by atoms with E-state index in [1.54, 1.807) is 25.1 Å². The number of nitrogens with zero attached hydrogens (tertiary/aromatic N) is 1. The van der Waals surface area contributed by atoms with Gasteiger partial charge < -0.3 is 14.6 Å². The van der Waals surface area contributed by atoms with Gasteiger partial charge >= 0.3 is 0 Å². The number of fused-ring (bicyclic) bond motifs is 1. The highest BCUT2D eigenvalue weighted by Crippen LogP contribution is 2.32. The predicted octanol–water partition coefficient (Wildman–Crippen LogP) is 2.80. The van der Waals surface area contributed by atoms with Crippen LogP contribution in [0.4, 0.5) is 4.39 Å². The fraction of sp³-hybridized carbons (Fsp3) is 0.176. The molecule has 1 aliphatic heterocycles. The minimum absolute atomic E-state index is 0.102. The Morgan fingerprint density at radius 3 is 2.83 bits per heavy atom. The van der Waals surface area contributed by atoms with Crippen molar-refractivity contribution in [1.82, 2.24) is 5.43 Å². The minimum Gasteiger partial charge on any atom is -0.507 e.